The summed E-state index contributed by atoms with van der Waals surface area (Å²) >= 11 is 1.63. The van der Waals surface area contributed by atoms with Gasteiger partial charge < -0.3 is 10.1 Å². The Morgan fingerprint density at radius 3 is 3.05 bits per heavy atom. The van der Waals surface area contributed by atoms with E-state index in [2.05, 4.69) is 47.7 Å². The minimum Gasteiger partial charge on any atom is -0.487 e. The first-order chi connectivity index (χ1) is 9.12. The maximum Gasteiger partial charge on any atom is 0.123 e. The van der Waals surface area contributed by atoms with E-state index >= 15 is 0 Å². The molecule has 1 aromatic carbocycles. The van der Waals surface area contributed by atoms with Crippen molar-refractivity contribution in [2.75, 3.05) is 0 Å². The molecule has 1 aromatic heterocycles. The molecule has 3 rings (SSSR count). The van der Waals surface area contributed by atoms with Gasteiger partial charge in [0.05, 0.1) is 11.2 Å². The van der Waals surface area contributed by atoms with Crippen LogP contribution in [0.15, 0.2) is 29.1 Å². The van der Waals surface area contributed by atoms with Crippen molar-refractivity contribution in [2.24, 2.45) is 0 Å². The second kappa shape index (κ2) is 4.94. The lowest BCUT2D eigenvalue weighted by atomic mass is 10.0. The number of rotatable bonds is 4. The highest BCUT2D eigenvalue weighted by atomic mass is 32.1. The molecule has 2 aromatic rings. The molecule has 1 aliphatic heterocycles. The number of hydrogen-bond donors (Lipinski definition) is 1. The molecule has 0 radical (unpaired) electrons. The normalized spacial score (nSPS) is 16.1. The standard InChI is InChI=1S/C15H18N2OS/c1-15(2)6-12-5-11(3-4-14(12)18-15)7-16-8-13-9-19-10-17-13/h3-5,9-10,16H,6-8H2,1-2H3. The van der Waals surface area contributed by atoms with E-state index in [1.165, 1.54) is 11.1 Å². The number of aromatic nitrogens is 1. The third-order valence-electron chi connectivity index (χ3n) is 3.25. The van der Waals surface area contributed by atoms with Gasteiger partial charge in [-0.3, -0.25) is 0 Å². The van der Waals surface area contributed by atoms with E-state index in [0.717, 1.165) is 31.0 Å². The Kier molecular flexibility index (Phi) is 3.29. The quantitative estimate of drug-likeness (QED) is 0.930. The average Bonchev–Trinajstić information content (AvgIpc) is 2.94. The molecule has 0 saturated heterocycles. The molecular weight excluding hydrogens is 256 g/mol. The zero-order chi connectivity index (χ0) is 13.3. The van der Waals surface area contributed by atoms with Crippen LogP contribution >= 0.6 is 11.3 Å². The van der Waals surface area contributed by atoms with Crippen LogP contribution in [0.25, 0.3) is 0 Å². The third kappa shape index (κ3) is 2.96. The molecule has 0 bridgehead atoms. The van der Waals surface area contributed by atoms with Crippen LogP contribution in [0.5, 0.6) is 5.75 Å². The van der Waals surface area contributed by atoms with Gasteiger partial charge in [0, 0.05) is 24.9 Å². The monoisotopic (exact) mass is 274 g/mol. The Balaban J connectivity index is 1.61. The van der Waals surface area contributed by atoms with Gasteiger partial charge in [0.2, 0.25) is 0 Å². The first kappa shape index (κ1) is 12.6. The van der Waals surface area contributed by atoms with Crippen molar-refractivity contribution in [1.29, 1.82) is 0 Å². The van der Waals surface area contributed by atoms with E-state index in [9.17, 15) is 0 Å². The highest BCUT2D eigenvalue weighted by Crippen LogP contribution is 2.35. The van der Waals surface area contributed by atoms with Crippen molar-refractivity contribution in [1.82, 2.24) is 10.3 Å². The molecule has 0 spiro atoms. The number of benzene rings is 1. The average molecular weight is 274 g/mol. The summed E-state index contributed by atoms with van der Waals surface area (Å²) in [6, 6.07) is 6.47. The Morgan fingerprint density at radius 2 is 2.26 bits per heavy atom. The fourth-order valence-corrected chi connectivity index (χ4v) is 2.99. The maximum atomic E-state index is 5.88. The summed E-state index contributed by atoms with van der Waals surface area (Å²) in [6.07, 6.45) is 0.988. The fourth-order valence-electron chi connectivity index (χ4n) is 2.43. The molecule has 0 saturated carbocycles. The maximum absolute atomic E-state index is 5.88. The minimum atomic E-state index is -0.0605. The fraction of sp³-hybridized carbons (Fsp3) is 0.400. The molecule has 3 nitrogen and oxygen atoms in total. The lowest BCUT2D eigenvalue weighted by Gasteiger charge is -2.16. The van der Waals surface area contributed by atoms with Gasteiger partial charge in [-0.25, -0.2) is 4.98 Å². The van der Waals surface area contributed by atoms with Crippen molar-refractivity contribution < 1.29 is 4.74 Å². The molecule has 0 aliphatic carbocycles. The van der Waals surface area contributed by atoms with Crippen LogP contribution in [0, 0.1) is 0 Å². The number of hydrogen-bond acceptors (Lipinski definition) is 4. The van der Waals surface area contributed by atoms with E-state index in [-0.39, 0.29) is 5.60 Å². The van der Waals surface area contributed by atoms with Gasteiger partial charge in [0.15, 0.2) is 0 Å². The zero-order valence-corrected chi connectivity index (χ0v) is 12.1. The van der Waals surface area contributed by atoms with E-state index in [1.807, 2.05) is 5.51 Å². The van der Waals surface area contributed by atoms with Crippen LogP contribution in [0.3, 0.4) is 0 Å². The third-order valence-corrected chi connectivity index (χ3v) is 3.88. The molecule has 1 aliphatic rings. The molecule has 19 heavy (non-hydrogen) atoms. The van der Waals surface area contributed by atoms with Gasteiger partial charge in [0.1, 0.15) is 11.4 Å². The van der Waals surface area contributed by atoms with Crippen molar-refractivity contribution in [2.45, 2.75) is 39.0 Å². The number of nitrogens with zero attached hydrogens (tertiary/aromatic N) is 1. The first-order valence-corrected chi connectivity index (χ1v) is 7.45. The smallest absolute Gasteiger partial charge is 0.123 e. The number of nitrogens with one attached hydrogen (secondary N) is 1. The van der Waals surface area contributed by atoms with Crippen LogP contribution < -0.4 is 10.1 Å². The second-order valence-electron chi connectivity index (χ2n) is 5.56. The van der Waals surface area contributed by atoms with Gasteiger partial charge in [-0.15, -0.1) is 11.3 Å². The van der Waals surface area contributed by atoms with E-state index in [1.54, 1.807) is 11.3 Å². The van der Waals surface area contributed by atoms with Crippen molar-refractivity contribution in [3.8, 4) is 5.75 Å². The van der Waals surface area contributed by atoms with Gasteiger partial charge >= 0.3 is 0 Å². The number of fused-ring (bicyclic) bond motifs is 1. The van der Waals surface area contributed by atoms with Crippen LogP contribution in [0.1, 0.15) is 30.7 Å². The predicted molar refractivity (Wildman–Crippen MR) is 77.5 cm³/mol. The van der Waals surface area contributed by atoms with Gasteiger partial charge in [0.25, 0.3) is 0 Å². The molecular formula is C15H18N2OS. The molecule has 0 fully saturated rings. The van der Waals surface area contributed by atoms with E-state index in [0.29, 0.717) is 0 Å². The van der Waals surface area contributed by atoms with Crippen LogP contribution in [0.2, 0.25) is 0 Å². The molecule has 0 unspecified atom stereocenters. The lowest BCUT2D eigenvalue weighted by molar-refractivity contribution is 0.138. The highest BCUT2D eigenvalue weighted by molar-refractivity contribution is 7.07. The number of ether oxygens (including phenoxy) is 1. The largest absolute Gasteiger partial charge is 0.487 e. The summed E-state index contributed by atoms with van der Waals surface area (Å²) < 4.78 is 5.88. The summed E-state index contributed by atoms with van der Waals surface area (Å²) in [4.78, 5) is 4.26. The molecule has 1 N–H and O–H groups in total. The van der Waals surface area contributed by atoms with Crippen molar-refractivity contribution in [3.63, 3.8) is 0 Å². The highest BCUT2D eigenvalue weighted by Gasteiger charge is 2.29. The van der Waals surface area contributed by atoms with Crippen LogP contribution in [0.4, 0.5) is 0 Å². The van der Waals surface area contributed by atoms with Crippen molar-refractivity contribution in [3.05, 3.63) is 45.9 Å². The Labute approximate surface area is 117 Å². The predicted octanol–water partition coefficient (Wildman–Crippen LogP) is 3.15. The summed E-state index contributed by atoms with van der Waals surface area (Å²) in [5, 5.41) is 5.49. The minimum absolute atomic E-state index is 0.0605. The SMILES string of the molecule is CC1(C)Cc2cc(CNCc3cscn3)ccc2O1. The molecule has 0 atom stereocenters. The summed E-state index contributed by atoms with van der Waals surface area (Å²) in [5.74, 6) is 1.04. The van der Waals surface area contributed by atoms with E-state index < -0.39 is 0 Å². The zero-order valence-electron chi connectivity index (χ0n) is 11.3. The van der Waals surface area contributed by atoms with Gasteiger partial charge in [-0.1, -0.05) is 12.1 Å². The Morgan fingerprint density at radius 1 is 1.37 bits per heavy atom. The Hall–Kier alpha value is -1.39. The van der Waals surface area contributed by atoms with Gasteiger partial charge in [-0.05, 0) is 31.0 Å². The lowest BCUT2D eigenvalue weighted by Crippen LogP contribution is -2.24. The molecule has 4 heteroatoms. The second-order valence-corrected chi connectivity index (χ2v) is 6.28. The number of thiazole rings is 1. The molecule has 0 amide bonds. The summed E-state index contributed by atoms with van der Waals surface area (Å²) in [6.45, 7) is 5.95. The summed E-state index contributed by atoms with van der Waals surface area (Å²) in [7, 11) is 0. The van der Waals surface area contributed by atoms with Crippen LogP contribution in [-0.2, 0) is 19.5 Å². The van der Waals surface area contributed by atoms with Crippen molar-refractivity contribution >= 4 is 11.3 Å². The summed E-state index contributed by atoms with van der Waals surface area (Å²) in [5.41, 5.74) is 5.53. The molecule has 100 valence electrons. The van der Waals surface area contributed by atoms with E-state index in [4.69, 9.17) is 4.74 Å². The Bertz CT molecular complexity index is 564. The topological polar surface area (TPSA) is 34.2 Å². The molecule has 2 heterocycles. The first-order valence-electron chi connectivity index (χ1n) is 6.51. The van der Waals surface area contributed by atoms with Gasteiger partial charge in [-0.2, -0.15) is 0 Å². The van der Waals surface area contributed by atoms with Crippen LogP contribution in [-0.4, -0.2) is 10.6 Å².